The lowest BCUT2D eigenvalue weighted by atomic mass is 9.98. The van der Waals surface area contributed by atoms with Crippen molar-refractivity contribution in [1.29, 1.82) is 0 Å². The predicted molar refractivity (Wildman–Crippen MR) is 113 cm³/mol. The van der Waals surface area contributed by atoms with E-state index in [1.807, 2.05) is 24.3 Å². The fraction of sp³-hybridized carbons (Fsp3) is 0.125. The van der Waals surface area contributed by atoms with Crippen molar-refractivity contribution in [3.05, 3.63) is 101 Å². The Morgan fingerprint density at radius 1 is 0.929 bits per heavy atom. The lowest BCUT2D eigenvalue weighted by Gasteiger charge is -2.25. The third kappa shape index (κ3) is 3.56. The van der Waals surface area contributed by atoms with Gasteiger partial charge in [-0.05, 0) is 67.9 Å². The summed E-state index contributed by atoms with van der Waals surface area (Å²) in [7, 11) is -0.113. The van der Waals surface area contributed by atoms with E-state index in [2.05, 4.69) is 23.6 Å². The highest BCUT2D eigenvalue weighted by molar-refractivity contribution is 7.43. The summed E-state index contributed by atoms with van der Waals surface area (Å²) in [5.41, 5.74) is 0.173. The molecule has 0 aliphatic heterocycles. The molecule has 0 radical (unpaired) electrons. The van der Waals surface area contributed by atoms with Gasteiger partial charge in [-0.25, -0.2) is 9.18 Å². The fourth-order valence-electron chi connectivity index (χ4n) is 3.19. The highest BCUT2D eigenvalue weighted by Crippen LogP contribution is 2.39. The number of hydrogen-bond acceptors (Lipinski definition) is 2. The predicted octanol–water partition coefficient (Wildman–Crippen LogP) is 6.81. The van der Waals surface area contributed by atoms with Gasteiger partial charge in [0.15, 0.2) is 9.60 Å². The van der Waals surface area contributed by atoms with E-state index in [0.29, 0.717) is 11.1 Å². The monoisotopic (exact) mass is 391 g/mol. The molecule has 2 nitrogen and oxygen atoms in total. The average molecular weight is 391 g/mol. The van der Waals surface area contributed by atoms with Gasteiger partial charge in [-0.15, -0.1) is 0 Å². The third-order valence-corrected chi connectivity index (χ3v) is 6.79. The zero-order valence-electron chi connectivity index (χ0n) is 15.7. The number of ether oxygens (including phenoxy) is 1. The van der Waals surface area contributed by atoms with Gasteiger partial charge in [0.1, 0.15) is 16.8 Å². The number of carbonyl (C=O) groups excluding carboxylic acids is 1. The molecule has 28 heavy (non-hydrogen) atoms. The second kappa shape index (κ2) is 7.21. The summed E-state index contributed by atoms with van der Waals surface area (Å²) in [6, 6.07) is 24.1. The molecule has 0 aliphatic carbocycles. The lowest BCUT2D eigenvalue weighted by Crippen LogP contribution is -2.25. The van der Waals surface area contributed by atoms with Gasteiger partial charge >= 0.3 is 5.97 Å². The first-order valence-electron chi connectivity index (χ1n) is 9.04. The smallest absolute Gasteiger partial charge is 0.338 e. The largest absolute Gasteiger partial charge is 0.451 e. The van der Waals surface area contributed by atoms with Crippen molar-refractivity contribution in [2.45, 2.75) is 19.4 Å². The van der Waals surface area contributed by atoms with E-state index in [1.165, 1.54) is 22.2 Å². The molecule has 1 heterocycles. The van der Waals surface area contributed by atoms with Crippen LogP contribution in [0, 0.1) is 5.82 Å². The van der Waals surface area contributed by atoms with Crippen LogP contribution in [-0.2, 0) is 10.3 Å². The summed E-state index contributed by atoms with van der Waals surface area (Å²) < 4.78 is 20.5. The minimum atomic E-state index is -0.924. The topological polar surface area (TPSA) is 26.3 Å². The molecule has 0 bridgehead atoms. The van der Waals surface area contributed by atoms with E-state index in [4.69, 9.17) is 4.74 Å². The molecule has 140 valence electrons. The normalized spacial score (nSPS) is 12.2. The van der Waals surface area contributed by atoms with Gasteiger partial charge in [0.25, 0.3) is 0 Å². The van der Waals surface area contributed by atoms with Crippen LogP contribution in [0.1, 0.15) is 29.8 Å². The van der Waals surface area contributed by atoms with Crippen molar-refractivity contribution < 1.29 is 13.9 Å². The second-order valence-corrected chi connectivity index (χ2v) is 8.97. The maximum Gasteiger partial charge on any atom is 0.338 e. The van der Waals surface area contributed by atoms with E-state index in [0.717, 1.165) is 4.90 Å². The Labute approximate surface area is 166 Å². The lowest BCUT2D eigenvalue weighted by molar-refractivity contribution is -0.00325. The van der Waals surface area contributed by atoms with Gasteiger partial charge in [0, 0.05) is 21.9 Å². The molecular formula is C24H20FO2S+. The molecule has 4 rings (SSSR count). The molecule has 1 unspecified atom stereocenters. The van der Waals surface area contributed by atoms with Crippen molar-refractivity contribution in [3.8, 4) is 4.90 Å². The first-order chi connectivity index (χ1) is 13.4. The van der Waals surface area contributed by atoms with Gasteiger partial charge in [-0.1, -0.05) is 24.3 Å². The summed E-state index contributed by atoms with van der Waals surface area (Å²) >= 11 is 0. The zero-order valence-corrected chi connectivity index (χ0v) is 16.5. The SMILES string of the molecule is CC(C)(OC(=O)c1ccc(-[s+]2ccc3ccccc32)cc1)c1cccc(F)c1. The quantitative estimate of drug-likeness (QED) is 0.282. The third-order valence-electron chi connectivity index (χ3n) is 4.75. The number of halogens is 1. The first-order valence-corrected chi connectivity index (χ1v) is 10.3. The van der Waals surface area contributed by atoms with Crippen LogP contribution in [0.5, 0.6) is 0 Å². The van der Waals surface area contributed by atoms with Crippen molar-refractivity contribution in [2.24, 2.45) is 0 Å². The van der Waals surface area contributed by atoms with Gasteiger partial charge in [0.05, 0.1) is 5.56 Å². The highest BCUT2D eigenvalue weighted by atomic mass is 32.2. The molecule has 0 saturated heterocycles. The van der Waals surface area contributed by atoms with Gasteiger partial charge in [-0.2, -0.15) is 0 Å². The first kappa shape index (κ1) is 18.4. The van der Waals surface area contributed by atoms with Crippen LogP contribution < -0.4 is 0 Å². The van der Waals surface area contributed by atoms with Gasteiger partial charge < -0.3 is 4.74 Å². The number of hydrogen-bond donors (Lipinski definition) is 0. The molecule has 3 aromatic carbocycles. The molecule has 0 amide bonds. The molecule has 0 fully saturated rings. The van der Waals surface area contributed by atoms with Crippen molar-refractivity contribution in [1.82, 2.24) is 0 Å². The number of benzene rings is 3. The van der Waals surface area contributed by atoms with Crippen molar-refractivity contribution in [3.63, 3.8) is 0 Å². The van der Waals surface area contributed by atoms with Crippen molar-refractivity contribution in [2.75, 3.05) is 0 Å². The van der Waals surface area contributed by atoms with Crippen LogP contribution in [0.25, 0.3) is 15.0 Å². The van der Waals surface area contributed by atoms with E-state index in [1.54, 1.807) is 38.1 Å². The Balaban J connectivity index is 1.56. The summed E-state index contributed by atoms with van der Waals surface area (Å²) in [6.45, 7) is 3.52. The van der Waals surface area contributed by atoms with Crippen LogP contribution in [0.2, 0.25) is 0 Å². The maximum atomic E-state index is 13.5. The summed E-state index contributed by atoms with van der Waals surface area (Å²) in [5.74, 6) is -0.775. The standard InChI is InChI=1S/C24H20FO2S/c1-24(2,19-7-5-8-20(25)16-19)27-23(26)18-10-12-21(13-11-18)28-15-14-17-6-3-4-9-22(17)28/h3-16H,1-2H3/q+1. The second-order valence-electron chi connectivity index (χ2n) is 7.11. The Hall–Kier alpha value is -2.98. The number of fused-ring (bicyclic) bond motifs is 1. The Morgan fingerprint density at radius 2 is 1.68 bits per heavy atom. The summed E-state index contributed by atoms with van der Waals surface area (Å²) in [5, 5.41) is 3.44. The molecule has 0 N–H and O–H groups in total. The molecule has 0 saturated carbocycles. The summed E-state index contributed by atoms with van der Waals surface area (Å²) in [4.78, 5) is 13.8. The van der Waals surface area contributed by atoms with Gasteiger partial charge in [0.2, 0.25) is 0 Å². The minimum Gasteiger partial charge on any atom is -0.451 e. The highest BCUT2D eigenvalue weighted by Gasteiger charge is 2.27. The molecule has 4 aromatic rings. The van der Waals surface area contributed by atoms with Crippen LogP contribution in [0.3, 0.4) is 0 Å². The Morgan fingerprint density at radius 3 is 2.43 bits per heavy atom. The van der Waals surface area contributed by atoms with E-state index in [9.17, 15) is 9.18 Å². The molecule has 1 aromatic heterocycles. The number of esters is 1. The van der Waals surface area contributed by atoms with Crippen LogP contribution in [0.15, 0.2) is 84.2 Å². The molecule has 0 aliphatic rings. The van der Waals surface area contributed by atoms with Crippen molar-refractivity contribution >= 4 is 26.5 Å². The van der Waals surface area contributed by atoms with Gasteiger partial charge in [-0.3, -0.25) is 0 Å². The van der Waals surface area contributed by atoms with E-state index < -0.39 is 11.6 Å². The molecule has 1 atom stereocenters. The number of carbonyl (C=O) groups is 1. The van der Waals surface area contributed by atoms with E-state index in [-0.39, 0.29) is 16.3 Å². The van der Waals surface area contributed by atoms with Crippen LogP contribution in [0.4, 0.5) is 4.39 Å². The number of rotatable bonds is 4. The molecule has 4 heteroatoms. The van der Waals surface area contributed by atoms with E-state index >= 15 is 0 Å². The molecule has 0 spiro atoms. The number of thiophene rings is 1. The average Bonchev–Trinajstić information content (AvgIpc) is 3.12. The minimum absolute atomic E-state index is 0.113. The van der Waals surface area contributed by atoms with Crippen LogP contribution >= 0.6 is 10.5 Å². The Kier molecular flexibility index (Phi) is 4.73. The zero-order chi connectivity index (χ0) is 19.7. The summed E-state index contributed by atoms with van der Waals surface area (Å²) in [6.07, 6.45) is 0. The fourth-order valence-corrected chi connectivity index (χ4v) is 5.07. The van der Waals surface area contributed by atoms with Crippen LogP contribution in [-0.4, -0.2) is 5.97 Å². The maximum absolute atomic E-state index is 13.5. The molecular weight excluding hydrogens is 371 g/mol. The Bertz CT molecular complexity index is 1140.